The van der Waals surface area contributed by atoms with E-state index in [1.54, 1.807) is 24.3 Å². The highest BCUT2D eigenvalue weighted by molar-refractivity contribution is 7.89. The third-order valence-corrected chi connectivity index (χ3v) is 4.88. The van der Waals surface area contributed by atoms with Gasteiger partial charge in [0.1, 0.15) is 0 Å². The predicted molar refractivity (Wildman–Crippen MR) is 81.5 cm³/mol. The molecule has 0 radical (unpaired) electrons. The van der Waals surface area contributed by atoms with Crippen LogP contribution in [0.25, 0.3) is 0 Å². The molecule has 0 heterocycles. The first-order chi connectivity index (χ1) is 9.91. The first kappa shape index (κ1) is 18.1. The van der Waals surface area contributed by atoms with Gasteiger partial charge in [0.25, 0.3) is 0 Å². The highest BCUT2D eigenvalue weighted by Crippen LogP contribution is 2.15. The Labute approximate surface area is 126 Å². The Balaban J connectivity index is 2.77. The number of hydrogen-bond acceptors (Lipinski definition) is 5. The Bertz CT molecular complexity index is 516. The van der Waals surface area contributed by atoms with Crippen LogP contribution in [-0.4, -0.2) is 57.8 Å². The summed E-state index contributed by atoms with van der Waals surface area (Å²) in [6, 6.07) is 6.74. The van der Waals surface area contributed by atoms with Crippen LogP contribution in [0.4, 0.5) is 0 Å². The van der Waals surface area contributed by atoms with E-state index in [0.717, 1.165) is 16.4 Å². The average Bonchev–Trinajstić information content (AvgIpc) is 2.45. The van der Waals surface area contributed by atoms with Crippen molar-refractivity contribution in [2.45, 2.75) is 24.5 Å². The Morgan fingerprint density at radius 2 is 1.95 bits per heavy atom. The van der Waals surface area contributed by atoms with Crippen LogP contribution in [0.1, 0.15) is 12.5 Å². The molecule has 0 aliphatic carbocycles. The van der Waals surface area contributed by atoms with Crippen LogP contribution in [0.5, 0.6) is 0 Å². The van der Waals surface area contributed by atoms with Gasteiger partial charge in [0.05, 0.1) is 17.6 Å². The van der Waals surface area contributed by atoms with Gasteiger partial charge in [-0.1, -0.05) is 19.1 Å². The number of rotatable bonds is 9. The maximum Gasteiger partial charge on any atom is 0.242 e. The average molecular weight is 316 g/mol. The second-order valence-electron chi connectivity index (χ2n) is 4.82. The van der Waals surface area contributed by atoms with Crippen LogP contribution in [0.2, 0.25) is 0 Å². The van der Waals surface area contributed by atoms with Gasteiger partial charge in [-0.25, -0.2) is 8.42 Å². The number of ether oxygens (including phenoxy) is 1. The first-order valence-electron chi connectivity index (χ1n) is 6.84. The zero-order valence-electron chi connectivity index (χ0n) is 12.7. The number of nitrogens with one attached hydrogen (secondary N) is 1. The molecule has 6 nitrogen and oxygen atoms in total. The fourth-order valence-electron chi connectivity index (χ4n) is 1.87. The number of aliphatic hydroxyl groups is 1. The topological polar surface area (TPSA) is 78.9 Å². The van der Waals surface area contributed by atoms with Crippen LogP contribution < -0.4 is 5.32 Å². The number of hydrogen-bond donors (Lipinski definition) is 2. The standard InChI is InChI=1S/C14H24N2O4S/c1-4-15-9-12-5-7-14(8-6-12)21(18,19)16(2)10-13(17)11-20-3/h5-8,13,15,17H,4,9-11H2,1-3H3. The zero-order valence-corrected chi connectivity index (χ0v) is 13.6. The fraction of sp³-hybridized carbons (Fsp3) is 0.571. The Morgan fingerprint density at radius 3 is 2.48 bits per heavy atom. The van der Waals surface area contributed by atoms with Gasteiger partial charge in [-0.15, -0.1) is 0 Å². The van der Waals surface area contributed by atoms with E-state index >= 15 is 0 Å². The van der Waals surface area contributed by atoms with Crippen molar-refractivity contribution in [2.75, 3.05) is 33.9 Å². The van der Waals surface area contributed by atoms with Gasteiger partial charge >= 0.3 is 0 Å². The summed E-state index contributed by atoms with van der Waals surface area (Å²) in [5.74, 6) is 0. The van der Waals surface area contributed by atoms with Gasteiger partial charge in [0.2, 0.25) is 10.0 Å². The molecule has 0 aliphatic rings. The summed E-state index contributed by atoms with van der Waals surface area (Å²) in [6.45, 7) is 3.68. The summed E-state index contributed by atoms with van der Waals surface area (Å²) < 4.78 is 30.6. The van der Waals surface area contributed by atoms with E-state index in [0.29, 0.717) is 6.54 Å². The molecule has 0 saturated heterocycles. The molecule has 0 amide bonds. The number of sulfonamides is 1. The predicted octanol–water partition coefficient (Wildman–Crippen LogP) is 0.424. The van der Waals surface area contributed by atoms with Crippen molar-refractivity contribution in [3.05, 3.63) is 29.8 Å². The van der Waals surface area contributed by atoms with Crippen LogP contribution in [0.3, 0.4) is 0 Å². The molecule has 21 heavy (non-hydrogen) atoms. The summed E-state index contributed by atoms with van der Waals surface area (Å²) >= 11 is 0. The smallest absolute Gasteiger partial charge is 0.242 e. The highest BCUT2D eigenvalue weighted by atomic mass is 32.2. The van der Waals surface area contributed by atoms with Crippen LogP contribution in [0, 0.1) is 0 Å². The summed E-state index contributed by atoms with van der Waals surface area (Å²) in [4.78, 5) is 0.217. The van der Waals surface area contributed by atoms with Crippen molar-refractivity contribution >= 4 is 10.0 Å². The minimum atomic E-state index is -3.59. The van der Waals surface area contributed by atoms with Gasteiger partial charge in [-0.05, 0) is 24.2 Å². The maximum atomic E-state index is 12.4. The normalized spacial score (nSPS) is 13.6. The third kappa shape index (κ3) is 5.37. The monoisotopic (exact) mass is 316 g/mol. The number of methoxy groups -OCH3 is 1. The van der Waals surface area contributed by atoms with Crippen molar-refractivity contribution in [3.63, 3.8) is 0 Å². The molecule has 7 heteroatoms. The van der Waals surface area contributed by atoms with E-state index < -0.39 is 16.1 Å². The summed E-state index contributed by atoms with van der Waals surface area (Å²) in [6.07, 6.45) is -0.845. The van der Waals surface area contributed by atoms with Crippen LogP contribution in [0.15, 0.2) is 29.2 Å². The lowest BCUT2D eigenvalue weighted by atomic mass is 10.2. The minimum absolute atomic E-state index is 0.00465. The molecule has 0 aromatic heterocycles. The van der Waals surface area contributed by atoms with Gasteiger partial charge in [0.15, 0.2) is 0 Å². The molecule has 0 spiro atoms. The SMILES string of the molecule is CCNCc1ccc(S(=O)(=O)N(C)CC(O)COC)cc1. The Hall–Kier alpha value is -0.990. The van der Waals surface area contributed by atoms with Crippen LogP contribution >= 0.6 is 0 Å². The van der Waals surface area contributed by atoms with E-state index in [2.05, 4.69) is 5.32 Å². The number of aliphatic hydroxyl groups excluding tert-OH is 1. The molecule has 1 rings (SSSR count). The van der Waals surface area contributed by atoms with E-state index in [1.165, 1.54) is 14.2 Å². The van der Waals surface area contributed by atoms with Gasteiger partial charge in [0, 0.05) is 27.2 Å². The molecule has 1 unspecified atom stereocenters. The molecule has 0 bridgehead atoms. The van der Waals surface area contributed by atoms with Gasteiger partial charge in [-0.2, -0.15) is 4.31 Å². The summed E-state index contributed by atoms with van der Waals surface area (Å²) in [5.41, 5.74) is 1.03. The van der Waals surface area contributed by atoms with Gasteiger partial charge in [-0.3, -0.25) is 0 Å². The Kier molecular flexibility index (Phi) is 7.27. The van der Waals surface area contributed by atoms with Crippen LogP contribution in [-0.2, 0) is 21.3 Å². The van der Waals surface area contributed by atoms with Crippen molar-refractivity contribution in [1.29, 1.82) is 0 Å². The first-order valence-corrected chi connectivity index (χ1v) is 8.28. The zero-order chi connectivity index (χ0) is 15.9. The lowest BCUT2D eigenvalue weighted by Crippen LogP contribution is -2.36. The lowest BCUT2D eigenvalue weighted by molar-refractivity contribution is 0.0554. The third-order valence-electron chi connectivity index (χ3n) is 3.04. The van der Waals surface area contributed by atoms with E-state index in [4.69, 9.17) is 4.74 Å². The largest absolute Gasteiger partial charge is 0.389 e. The molecule has 0 fully saturated rings. The second-order valence-corrected chi connectivity index (χ2v) is 6.86. The molecule has 0 aliphatic heterocycles. The number of benzene rings is 1. The molecule has 0 saturated carbocycles. The highest BCUT2D eigenvalue weighted by Gasteiger charge is 2.22. The molecule has 120 valence electrons. The minimum Gasteiger partial charge on any atom is -0.389 e. The lowest BCUT2D eigenvalue weighted by Gasteiger charge is -2.20. The van der Waals surface area contributed by atoms with Crippen molar-refractivity contribution in [1.82, 2.24) is 9.62 Å². The summed E-state index contributed by atoms with van der Waals surface area (Å²) in [7, 11) is -0.688. The van der Waals surface area contributed by atoms with E-state index in [1.807, 2.05) is 6.92 Å². The fourth-order valence-corrected chi connectivity index (χ4v) is 3.08. The van der Waals surface area contributed by atoms with E-state index in [9.17, 15) is 13.5 Å². The molecular formula is C14H24N2O4S. The van der Waals surface area contributed by atoms with Crippen molar-refractivity contribution in [2.24, 2.45) is 0 Å². The molecule has 1 atom stereocenters. The quantitative estimate of drug-likeness (QED) is 0.690. The maximum absolute atomic E-state index is 12.4. The van der Waals surface area contributed by atoms with Crippen molar-refractivity contribution in [3.8, 4) is 0 Å². The summed E-state index contributed by atoms with van der Waals surface area (Å²) in [5, 5.41) is 12.8. The number of likely N-dealkylation sites (N-methyl/N-ethyl adjacent to an activating group) is 1. The van der Waals surface area contributed by atoms with Gasteiger partial charge < -0.3 is 15.2 Å². The number of nitrogens with zero attached hydrogens (tertiary/aromatic N) is 1. The van der Waals surface area contributed by atoms with E-state index in [-0.39, 0.29) is 18.0 Å². The molecule has 2 N–H and O–H groups in total. The van der Waals surface area contributed by atoms with Crippen molar-refractivity contribution < 1.29 is 18.3 Å². The second kappa shape index (κ2) is 8.45. The molecule has 1 aromatic rings. The molecular weight excluding hydrogens is 292 g/mol. The Morgan fingerprint density at radius 1 is 1.33 bits per heavy atom. The molecule has 1 aromatic carbocycles.